The van der Waals surface area contributed by atoms with Crippen molar-refractivity contribution < 1.29 is 4.79 Å². The van der Waals surface area contributed by atoms with Gasteiger partial charge in [0.2, 0.25) is 5.91 Å². The third kappa shape index (κ3) is 5.57. The minimum absolute atomic E-state index is 0.235. The predicted molar refractivity (Wildman–Crippen MR) is 148 cm³/mol. The van der Waals surface area contributed by atoms with E-state index in [-0.39, 0.29) is 5.91 Å². The van der Waals surface area contributed by atoms with Crippen molar-refractivity contribution in [1.29, 1.82) is 5.26 Å². The zero-order chi connectivity index (χ0) is 25.6. The van der Waals surface area contributed by atoms with Gasteiger partial charge < -0.3 is 15.2 Å². The Hall–Kier alpha value is -4.37. The molecule has 0 atom stereocenters. The molecule has 4 aromatic rings. The molecule has 3 heterocycles. The number of aromatic nitrogens is 2. The van der Waals surface area contributed by atoms with Gasteiger partial charge in [-0.25, -0.2) is 0 Å². The summed E-state index contributed by atoms with van der Waals surface area (Å²) in [5.74, 6) is 0.619. The summed E-state index contributed by atoms with van der Waals surface area (Å²) < 4.78 is 0. The first kappa shape index (κ1) is 24.3. The highest BCUT2D eigenvalue weighted by atomic mass is 16.2. The summed E-state index contributed by atoms with van der Waals surface area (Å²) in [5.41, 5.74) is 6.53. The van der Waals surface area contributed by atoms with Gasteiger partial charge in [0.05, 0.1) is 11.3 Å². The molecule has 1 aliphatic heterocycles. The number of amides is 1. The lowest BCUT2D eigenvalue weighted by Crippen LogP contribution is -2.38. The average Bonchev–Trinajstić information content (AvgIpc) is 3.43. The van der Waals surface area contributed by atoms with Crippen LogP contribution in [0.15, 0.2) is 73.2 Å². The van der Waals surface area contributed by atoms with Gasteiger partial charge in [0.1, 0.15) is 6.07 Å². The van der Waals surface area contributed by atoms with Gasteiger partial charge in [-0.1, -0.05) is 42.5 Å². The van der Waals surface area contributed by atoms with Gasteiger partial charge in [0.25, 0.3) is 0 Å². The quantitative estimate of drug-likeness (QED) is 0.316. The van der Waals surface area contributed by atoms with Gasteiger partial charge >= 0.3 is 0 Å². The Labute approximate surface area is 217 Å². The third-order valence-corrected chi connectivity index (χ3v) is 7.27. The number of nitrogens with zero attached hydrogens (tertiary/aromatic N) is 3. The number of carbonyl (C=O) groups is 1. The number of H-pyrrole nitrogens is 1. The van der Waals surface area contributed by atoms with Crippen molar-refractivity contribution in [1.82, 2.24) is 14.9 Å². The molecule has 1 aliphatic rings. The van der Waals surface area contributed by atoms with Crippen LogP contribution < -0.4 is 5.32 Å². The van der Waals surface area contributed by atoms with E-state index in [1.165, 1.54) is 5.56 Å². The number of aryl methyl sites for hydroxylation is 2. The van der Waals surface area contributed by atoms with E-state index < -0.39 is 0 Å². The summed E-state index contributed by atoms with van der Waals surface area (Å²) in [4.78, 5) is 22.2. The molecule has 5 rings (SSSR count). The molecular formula is C31H31N5O. The van der Waals surface area contributed by atoms with E-state index >= 15 is 0 Å². The fourth-order valence-electron chi connectivity index (χ4n) is 5.02. The maximum absolute atomic E-state index is 12.7. The number of allylic oxidation sites excluding steroid dienone is 1. The Bertz CT molecular complexity index is 1460. The first-order chi connectivity index (χ1) is 18.1. The molecule has 1 fully saturated rings. The number of fused-ring (bicyclic) bond motifs is 1. The van der Waals surface area contributed by atoms with Gasteiger partial charge in [-0.05, 0) is 61.4 Å². The number of rotatable bonds is 7. The van der Waals surface area contributed by atoms with Crippen LogP contribution in [0.5, 0.6) is 0 Å². The van der Waals surface area contributed by atoms with Crippen LogP contribution in [-0.4, -0.2) is 33.9 Å². The third-order valence-electron chi connectivity index (χ3n) is 7.27. The van der Waals surface area contributed by atoms with Crippen LogP contribution >= 0.6 is 0 Å². The van der Waals surface area contributed by atoms with E-state index in [4.69, 9.17) is 0 Å². The lowest BCUT2D eigenvalue weighted by Gasteiger charge is -2.31. The molecule has 0 bridgehead atoms. The maximum Gasteiger partial charge on any atom is 0.222 e. The van der Waals surface area contributed by atoms with Gasteiger partial charge in [0.15, 0.2) is 0 Å². The number of hydrogen-bond acceptors (Lipinski definition) is 4. The molecular weight excluding hydrogens is 458 g/mol. The van der Waals surface area contributed by atoms with E-state index in [1.54, 1.807) is 12.4 Å². The van der Waals surface area contributed by atoms with E-state index in [2.05, 4.69) is 58.6 Å². The van der Waals surface area contributed by atoms with Crippen LogP contribution in [-0.2, 0) is 11.2 Å². The van der Waals surface area contributed by atoms with Crippen LogP contribution in [0.4, 0.5) is 11.4 Å². The highest BCUT2D eigenvalue weighted by Crippen LogP contribution is 2.31. The van der Waals surface area contributed by atoms with E-state index in [1.807, 2.05) is 41.4 Å². The number of nitriles is 1. The van der Waals surface area contributed by atoms with Crippen LogP contribution in [0.3, 0.4) is 0 Å². The van der Waals surface area contributed by atoms with Crippen LogP contribution in [0.2, 0.25) is 0 Å². The first-order valence-corrected chi connectivity index (χ1v) is 12.8. The minimum atomic E-state index is 0.235. The Balaban J connectivity index is 1.24. The van der Waals surface area contributed by atoms with Crippen molar-refractivity contribution in [2.24, 2.45) is 5.92 Å². The van der Waals surface area contributed by atoms with E-state index in [0.29, 0.717) is 17.9 Å². The number of aromatic amines is 1. The second kappa shape index (κ2) is 11.1. The Kier molecular flexibility index (Phi) is 7.32. The molecule has 6 nitrogen and oxygen atoms in total. The van der Waals surface area contributed by atoms with Crippen molar-refractivity contribution in [3.63, 3.8) is 0 Å². The predicted octanol–water partition coefficient (Wildman–Crippen LogP) is 6.37. The maximum atomic E-state index is 12.7. The second-order valence-electron chi connectivity index (χ2n) is 9.63. The monoisotopic (exact) mass is 489 g/mol. The molecule has 0 aliphatic carbocycles. The summed E-state index contributed by atoms with van der Waals surface area (Å²) in [6.45, 7) is 3.64. The fraction of sp³-hybridized carbons (Fsp3) is 0.258. The first-order valence-electron chi connectivity index (χ1n) is 12.8. The molecule has 0 radical (unpaired) electrons. The summed E-state index contributed by atoms with van der Waals surface area (Å²) in [6.07, 6.45) is 12.8. The van der Waals surface area contributed by atoms with Crippen LogP contribution in [0.1, 0.15) is 41.5 Å². The van der Waals surface area contributed by atoms with Crippen LogP contribution in [0.25, 0.3) is 17.0 Å². The summed E-state index contributed by atoms with van der Waals surface area (Å²) in [6, 6.07) is 18.6. The smallest absolute Gasteiger partial charge is 0.222 e. The molecule has 2 aromatic carbocycles. The summed E-state index contributed by atoms with van der Waals surface area (Å²) in [5, 5.41) is 14.4. The van der Waals surface area contributed by atoms with Gasteiger partial charge in [0, 0.05) is 60.3 Å². The minimum Gasteiger partial charge on any atom is -0.361 e. The lowest BCUT2D eigenvalue weighted by atomic mass is 9.95. The molecule has 2 aromatic heterocycles. The Morgan fingerprint density at radius 1 is 1.16 bits per heavy atom. The fourth-order valence-corrected chi connectivity index (χ4v) is 5.02. The van der Waals surface area contributed by atoms with Gasteiger partial charge in [-0.2, -0.15) is 5.26 Å². The van der Waals surface area contributed by atoms with Crippen molar-refractivity contribution in [3.8, 4) is 6.07 Å². The van der Waals surface area contributed by atoms with Crippen molar-refractivity contribution in [3.05, 3.63) is 95.5 Å². The molecule has 0 saturated carbocycles. The largest absolute Gasteiger partial charge is 0.361 e. The van der Waals surface area contributed by atoms with Crippen molar-refractivity contribution in [2.75, 3.05) is 18.4 Å². The summed E-state index contributed by atoms with van der Waals surface area (Å²) in [7, 11) is 0. The highest BCUT2D eigenvalue weighted by Gasteiger charge is 2.21. The Morgan fingerprint density at radius 3 is 2.76 bits per heavy atom. The number of nitrogens with one attached hydrogen (secondary N) is 2. The van der Waals surface area contributed by atoms with E-state index in [0.717, 1.165) is 65.8 Å². The highest BCUT2D eigenvalue weighted by molar-refractivity contribution is 5.90. The number of benzene rings is 2. The molecule has 6 heteroatoms. The van der Waals surface area contributed by atoms with Gasteiger partial charge in [-0.15, -0.1) is 0 Å². The average molecular weight is 490 g/mol. The number of carbonyl (C=O) groups excluding carboxylic acids is 1. The molecule has 1 amide bonds. The molecule has 1 saturated heterocycles. The molecule has 0 spiro atoms. The van der Waals surface area contributed by atoms with E-state index in [9.17, 15) is 10.1 Å². The van der Waals surface area contributed by atoms with Crippen molar-refractivity contribution >= 4 is 34.3 Å². The van der Waals surface area contributed by atoms with Crippen molar-refractivity contribution in [2.45, 2.75) is 32.6 Å². The molecule has 37 heavy (non-hydrogen) atoms. The number of hydrogen-bond donors (Lipinski definition) is 2. The number of pyridine rings is 1. The zero-order valence-corrected chi connectivity index (χ0v) is 21.1. The summed E-state index contributed by atoms with van der Waals surface area (Å²) >= 11 is 0. The topological polar surface area (TPSA) is 84.8 Å². The molecule has 0 unspecified atom stereocenters. The van der Waals surface area contributed by atoms with Crippen LogP contribution in [0, 0.1) is 24.2 Å². The van der Waals surface area contributed by atoms with Gasteiger partial charge in [-0.3, -0.25) is 9.78 Å². The molecule has 186 valence electrons. The number of piperidine rings is 1. The standard InChI is InChI=1S/C31H31N5O/c1-22-27-13-16-34-29(27)11-10-28(22)35-31-25(20-33-21-26(31)19-32)9-7-24-14-17-36(18-15-24)30(37)12-8-23-5-3-2-4-6-23/h2-7,9-11,13,16,20-21,24,34H,8,12,14-15,17-18H2,1H3,(H,33,35)/b9-7+. The Morgan fingerprint density at radius 2 is 1.97 bits per heavy atom. The second-order valence-corrected chi connectivity index (χ2v) is 9.63. The lowest BCUT2D eigenvalue weighted by molar-refractivity contribution is -0.132. The normalized spacial score (nSPS) is 14.2. The zero-order valence-electron chi connectivity index (χ0n) is 21.1. The number of likely N-dealkylation sites (tertiary alicyclic amines) is 1. The molecule has 2 N–H and O–H groups in total. The SMILES string of the molecule is Cc1c(Nc2c(C#N)cncc2/C=C/C2CCN(C(=O)CCc3ccccc3)CC2)ccc2[nH]ccc12. The number of anilines is 2.